The highest BCUT2D eigenvalue weighted by Crippen LogP contribution is 2.47. The highest BCUT2D eigenvalue weighted by Gasteiger charge is 2.35. The number of hydrogen-bond donors (Lipinski definition) is 0. The molecule has 2 aliphatic carbocycles. The standard InChI is InChI=1S/C20H28/c1-3-4-16-7-10-20-14-19(12-11-18(20)13-16)17-8-5-15(2)6-9-17/h3-6,8-9,16,18-20H,7,10-14H2,1-2H3/t16-,18-,19?,20-/m1/s1. The van der Waals surface area contributed by atoms with Gasteiger partial charge in [-0.25, -0.2) is 0 Å². The predicted molar refractivity (Wildman–Crippen MR) is 86.9 cm³/mol. The molecule has 1 unspecified atom stereocenters. The molecule has 1 aromatic carbocycles. The first kappa shape index (κ1) is 13.9. The Morgan fingerprint density at radius 3 is 2.35 bits per heavy atom. The third kappa shape index (κ3) is 3.00. The minimum absolute atomic E-state index is 0.829. The van der Waals surface area contributed by atoms with Gasteiger partial charge in [-0.05, 0) is 81.6 Å². The van der Waals surface area contributed by atoms with Gasteiger partial charge < -0.3 is 0 Å². The molecule has 4 atom stereocenters. The van der Waals surface area contributed by atoms with E-state index in [9.17, 15) is 0 Å². The van der Waals surface area contributed by atoms with Gasteiger partial charge in [-0.3, -0.25) is 0 Å². The summed E-state index contributed by atoms with van der Waals surface area (Å²) < 4.78 is 0. The Morgan fingerprint density at radius 2 is 1.60 bits per heavy atom. The van der Waals surface area contributed by atoms with Crippen LogP contribution in [0.3, 0.4) is 0 Å². The van der Waals surface area contributed by atoms with Crippen LogP contribution in [0.25, 0.3) is 0 Å². The zero-order valence-corrected chi connectivity index (χ0v) is 13.0. The lowest BCUT2D eigenvalue weighted by Gasteiger charge is -2.41. The summed E-state index contributed by atoms with van der Waals surface area (Å²) in [4.78, 5) is 0. The maximum absolute atomic E-state index is 2.45. The van der Waals surface area contributed by atoms with Crippen molar-refractivity contribution in [2.45, 2.75) is 58.3 Å². The van der Waals surface area contributed by atoms with E-state index in [0.29, 0.717) is 0 Å². The zero-order valence-electron chi connectivity index (χ0n) is 13.0. The first-order chi connectivity index (χ1) is 9.76. The van der Waals surface area contributed by atoms with E-state index in [-0.39, 0.29) is 0 Å². The van der Waals surface area contributed by atoms with E-state index >= 15 is 0 Å². The summed E-state index contributed by atoms with van der Waals surface area (Å²) in [6.45, 7) is 4.35. The van der Waals surface area contributed by atoms with E-state index in [1.54, 1.807) is 5.56 Å². The Hall–Kier alpha value is -1.04. The number of hydrogen-bond acceptors (Lipinski definition) is 0. The number of rotatable bonds is 2. The quantitative estimate of drug-likeness (QED) is 0.588. The van der Waals surface area contributed by atoms with Crippen molar-refractivity contribution in [3.05, 3.63) is 47.5 Å². The van der Waals surface area contributed by atoms with E-state index in [4.69, 9.17) is 0 Å². The predicted octanol–water partition coefficient (Wildman–Crippen LogP) is 5.87. The van der Waals surface area contributed by atoms with Crippen LogP contribution in [-0.4, -0.2) is 0 Å². The minimum atomic E-state index is 0.829. The molecular formula is C20H28. The van der Waals surface area contributed by atoms with E-state index in [0.717, 1.165) is 23.7 Å². The van der Waals surface area contributed by atoms with E-state index in [1.165, 1.54) is 44.1 Å². The van der Waals surface area contributed by atoms with Crippen molar-refractivity contribution in [2.75, 3.05) is 0 Å². The largest absolute Gasteiger partial charge is 0.0914 e. The normalized spacial score (nSPS) is 34.1. The molecular weight excluding hydrogens is 240 g/mol. The maximum atomic E-state index is 2.45. The highest BCUT2D eigenvalue weighted by molar-refractivity contribution is 5.25. The van der Waals surface area contributed by atoms with Crippen LogP contribution >= 0.6 is 0 Å². The third-order valence-electron chi connectivity index (χ3n) is 5.67. The van der Waals surface area contributed by atoms with Gasteiger partial charge in [0.1, 0.15) is 0 Å². The molecule has 0 N–H and O–H groups in total. The zero-order chi connectivity index (χ0) is 13.9. The Balaban J connectivity index is 1.64. The summed E-state index contributed by atoms with van der Waals surface area (Å²) in [7, 11) is 0. The molecule has 0 heterocycles. The molecule has 1 aromatic rings. The van der Waals surface area contributed by atoms with Gasteiger partial charge in [0.05, 0.1) is 0 Å². The van der Waals surface area contributed by atoms with Crippen LogP contribution in [0.2, 0.25) is 0 Å². The van der Waals surface area contributed by atoms with Gasteiger partial charge in [-0.1, -0.05) is 42.0 Å². The molecule has 0 amide bonds. The lowest BCUT2D eigenvalue weighted by molar-refractivity contribution is 0.133. The van der Waals surface area contributed by atoms with Gasteiger partial charge >= 0.3 is 0 Å². The fourth-order valence-corrected chi connectivity index (χ4v) is 4.51. The van der Waals surface area contributed by atoms with Crippen molar-refractivity contribution >= 4 is 0 Å². The van der Waals surface area contributed by atoms with Gasteiger partial charge in [0, 0.05) is 0 Å². The van der Waals surface area contributed by atoms with E-state index in [1.807, 2.05) is 0 Å². The van der Waals surface area contributed by atoms with Crippen molar-refractivity contribution < 1.29 is 0 Å². The van der Waals surface area contributed by atoms with Gasteiger partial charge in [0.2, 0.25) is 0 Å². The Kier molecular flexibility index (Phi) is 4.29. The molecule has 2 saturated carbocycles. The summed E-state index contributed by atoms with van der Waals surface area (Å²) in [5, 5.41) is 0. The van der Waals surface area contributed by atoms with Crippen LogP contribution in [0.15, 0.2) is 36.4 Å². The maximum Gasteiger partial charge on any atom is -0.0159 e. The van der Waals surface area contributed by atoms with Crippen LogP contribution in [-0.2, 0) is 0 Å². The van der Waals surface area contributed by atoms with Crippen molar-refractivity contribution in [3.63, 3.8) is 0 Å². The lowest BCUT2D eigenvalue weighted by atomic mass is 9.64. The molecule has 2 fully saturated rings. The number of benzene rings is 1. The first-order valence-corrected chi connectivity index (χ1v) is 8.45. The molecule has 2 aliphatic rings. The molecule has 0 bridgehead atoms. The van der Waals surface area contributed by atoms with Crippen LogP contribution in [0.1, 0.15) is 62.5 Å². The molecule has 3 rings (SSSR count). The van der Waals surface area contributed by atoms with Gasteiger partial charge in [-0.2, -0.15) is 0 Å². The second kappa shape index (κ2) is 6.16. The van der Waals surface area contributed by atoms with Crippen LogP contribution in [0.5, 0.6) is 0 Å². The SMILES string of the molecule is CC=C[C@@H]1CC[C@@H]2CC(c3ccc(C)cc3)CC[C@@H]2C1. The van der Waals surface area contributed by atoms with Crippen LogP contribution in [0.4, 0.5) is 0 Å². The van der Waals surface area contributed by atoms with Crippen molar-refractivity contribution in [3.8, 4) is 0 Å². The van der Waals surface area contributed by atoms with Crippen molar-refractivity contribution in [1.82, 2.24) is 0 Å². The smallest absolute Gasteiger partial charge is 0.0159 e. The Morgan fingerprint density at radius 1 is 0.900 bits per heavy atom. The van der Waals surface area contributed by atoms with Crippen LogP contribution in [0, 0.1) is 24.7 Å². The van der Waals surface area contributed by atoms with E-state index in [2.05, 4.69) is 50.3 Å². The molecule has 0 nitrogen and oxygen atoms in total. The lowest BCUT2D eigenvalue weighted by Crippen LogP contribution is -2.30. The highest BCUT2D eigenvalue weighted by atomic mass is 14.4. The molecule has 20 heavy (non-hydrogen) atoms. The monoisotopic (exact) mass is 268 g/mol. The fraction of sp³-hybridized carbons (Fsp3) is 0.600. The minimum Gasteiger partial charge on any atom is -0.0914 e. The van der Waals surface area contributed by atoms with Gasteiger partial charge in [0.15, 0.2) is 0 Å². The molecule has 0 aliphatic heterocycles. The van der Waals surface area contributed by atoms with Gasteiger partial charge in [-0.15, -0.1) is 0 Å². The Labute approximate surface area is 124 Å². The summed E-state index contributed by atoms with van der Waals surface area (Å²) in [5.74, 6) is 3.70. The van der Waals surface area contributed by atoms with Gasteiger partial charge in [0.25, 0.3) is 0 Å². The van der Waals surface area contributed by atoms with Crippen LogP contribution < -0.4 is 0 Å². The average Bonchev–Trinajstić information content (AvgIpc) is 2.48. The molecule has 0 saturated heterocycles. The second-order valence-electron chi connectivity index (χ2n) is 7.04. The molecule has 0 radical (unpaired) electrons. The summed E-state index contributed by atoms with van der Waals surface area (Å²) >= 11 is 0. The van der Waals surface area contributed by atoms with Crippen molar-refractivity contribution in [2.24, 2.45) is 17.8 Å². The third-order valence-corrected chi connectivity index (χ3v) is 5.67. The molecule has 0 spiro atoms. The molecule has 108 valence electrons. The molecule has 0 aromatic heterocycles. The van der Waals surface area contributed by atoms with Crippen molar-refractivity contribution in [1.29, 1.82) is 0 Å². The summed E-state index contributed by atoms with van der Waals surface area (Å²) in [6.07, 6.45) is 13.3. The number of aryl methyl sites for hydroxylation is 1. The molecule has 0 heteroatoms. The average molecular weight is 268 g/mol. The second-order valence-corrected chi connectivity index (χ2v) is 7.04. The first-order valence-electron chi connectivity index (χ1n) is 8.45. The number of fused-ring (bicyclic) bond motifs is 1. The fourth-order valence-electron chi connectivity index (χ4n) is 4.51. The summed E-state index contributed by atoms with van der Waals surface area (Å²) in [6, 6.07) is 9.30. The summed E-state index contributed by atoms with van der Waals surface area (Å²) in [5.41, 5.74) is 2.97. The van der Waals surface area contributed by atoms with E-state index < -0.39 is 0 Å². The topological polar surface area (TPSA) is 0 Å². The Bertz CT molecular complexity index is 453. The number of allylic oxidation sites excluding steroid dienone is 2.